The van der Waals surface area contributed by atoms with Gasteiger partial charge in [0.05, 0.1) is 12.0 Å². The molecule has 3 rings (SSSR count). The molecule has 0 radical (unpaired) electrons. The van der Waals surface area contributed by atoms with Gasteiger partial charge in [-0.25, -0.2) is 4.98 Å². The maximum Gasteiger partial charge on any atom is 0.251 e. The molecule has 0 aliphatic heterocycles. The van der Waals surface area contributed by atoms with E-state index >= 15 is 0 Å². The van der Waals surface area contributed by atoms with Gasteiger partial charge in [0.2, 0.25) is 0 Å². The predicted octanol–water partition coefficient (Wildman–Crippen LogP) is 4.35. The molecular weight excluding hydrogens is 410 g/mol. The summed E-state index contributed by atoms with van der Waals surface area (Å²) in [5.41, 5.74) is 4.76. The van der Waals surface area contributed by atoms with E-state index in [1.807, 2.05) is 19.9 Å². The van der Waals surface area contributed by atoms with Crippen molar-refractivity contribution in [1.29, 1.82) is 0 Å². The number of hydrogen-bond acceptors (Lipinski definition) is 4. The number of nitrogens with one attached hydrogen (secondary N) is 2. The van der Waals surface area contributed by atoms with E-state index in [1.54, 1.807) is 12.4 Å². The molecule has 1 amide bonds. The molecule has 2 N–H and O–H groups in total. The molecule has 1 aliphatic carbocycles. The Bertz CT molecular complexity index is 886. The lowest BCUT2D eigenvalue weighted by Crippen LogP contribution is -2.42. The zero-order valence-corrected chi connectivity index (χ0v) is 20.2. The smallest absolute Gasteiger partial charge is 0.251 e. The van der Waals surface area contributed by atoms with Crippen LogP contribution in [0.3, 0.4) is 0 Å². The maximum absolute atomic E-state index is 13.0. The number of imidazole rings is 1. The molecule has 170 valence electrons. The van der Waals surface area contributed by atoms with E-state index in [4.69, 9.17) is 11.6 Å². The standard InChI is InChI=1S/C24H36ClN5O/c1-6-30(20-9-7-19(8-10-20)29(4)5)23-14-18(25)13-21(16(23)2)24(31)26-12-11-22-17(3)27-15-28-22/h13-15,19-20H,6-12H2,1-5H3,(H,26,31)(H,27,28)/t19-,20-. The lowest BCUT2D eigenvalue weighted by molar-refractivity contribution is 0.0953. The van der Waals surface area contributed by atoms with Crippen LogP contribution in [0.15, 0.2) is 18.5 Å². The number of rotatable bonds is 8. The topological polar surface area (TPSA) is 64.3 Å². The van der Waals surface area contributed by atoms with Crippen LogP contribution in [0.4, 0.5) is 5.69 Å². The van der Waals surface area contributed by atoms with Gasteiger partial charge >= 0.3 is 0 Å². The molecule has 7 heteroatoms. The average molecular weight is 446 g/mol. The third kappa shape index (κ3) is 5.60. The largest absolute Gasteiger partial charge is 0.369 e. The van der Waals surface area contributed by atoms with Crippen LogP contribution in [0, 0.1) is 13.8 Å². The summed E-state index contributed by atoms with van der Waals surface area (Å²) in [5.74, 6) is -0.0780. The maximum atomic E-state index is 13.0. The number of nitrogens with zero attached hydrogens (tertiary/aromatic N) is 3. The zero-order chi connectivity index (χ0) is 22.5. The van der Waals surface area contributed by atoms with Gasteiger partial charge in [-0.05, 0) is 78.2 Å². The summed E-state index contributed by atoms with van der Waals surface area (Å²) in [6.45, 7) is 7.64. The van der Waals surface area contributed by atoms with Crippen LogP contribution in [-0.2, 0) is 6.42 Å². The monoisotopic (exact) mass is 445 g/mol. The summed E-state index contributed by atoms with van der Waals surface area (Å²) >= 11 is 6.48. The quantitative estimate of drug-likeness (QED) is 0.633. The summed E-state index contributed by atoms with van der Waals surface area (Å²) in [4.78, 5) is 25.1. The molecule has 2 aromatic rings. The Hall–Kier alpha value is -2.05. The van der Waals surface area contributed by atoms with Crippen molar-refractivity contribution in [3.63, 3.8) is 0 Å². The van der Waals surface area contributed by atoms with Gasteiger partial charge in [-0.1, -0.05) is 11.6 Å². The first kappa shape index (κ1) is 23.6. The fourth-order valence-electron chi connectivity index (χ4n) is 4.75. The van der Waals surface area contributed by atoms with Gasteiger partial charge in [-0.15, -0.1) is 0 Å². The summed E-state index contributed by atoms with van der Waals surface area (Å²) in [7, 11) is 4.34. The number of carbonyl (C=O) groups excluding carboxylic acids is 1. The van der Waals surface area contributed by atoms with Crippen LogP contribution >= 0.6 is 11.6 Å². The number of aryl methyl sites for hydroxylation is 1. The Morgan fingerprint density at radius 3 is 2.45 bits per heavy atom. The number of aromatic amines is 1. The highest BCUT2D eigenvalue weighted by Gasteiger charge is 2.28. The Labute approximate surface area is 191 Å². The van der Waals surface area contributed by atoms with E-state index in [-0.39, 0.29) is 5.91 Å². The molecule has 1 heterocycles. The predicted molar refractivity (Wildman–Crippen MR) is 128 cm³/mol. The van der Waals surface area contributed by atoms with Crippen LogP contribution in [0.1, 0.15) is 59.9 Å². The normalized spacial score (nSPS) is 18.9. The summed E-state index contributed by atoms with van der Waals surface area (Å²) < 4.78 is 0. The molecule has 0 unspecified atom stereocenters. The van der Waals surface area contributed by atoms with Gasteiger partial charge in [-0.3, -0.25) is 4.79 Å². The first-order valence-corrected chi connectivity index (χ1v) is 11.7. The van der Waals surface area contributed by atoms with Crippen molar-refractivity contribution in [3.8, 4) is 0 Å². The molecule has 0 spiro atoms. The Morgan fingerprint density at radius 2 is 1.87 bits per heavy atom. The summed E-state index contributed by atoms with van der Waals surface area (Å²) in [6.07, 6.45) is 7.13. The van der Waals surface area contributed by atoms with Crippen LogP contribution in [0.5, 0.6) is 0 Å². The molecule has 1 aliphatic rings. The molecule has 1 aromatic carbocycles. The highest BCUT2D eigenvalue weighted by atomic mass is 35.5. The second kappa shape index (κ2) is 10.5. The molecule has 0 atom stereocenters. The summed E-state index contributed by atoms with van der Waals surface area (Å²) in [5, 5.41) is 3.65. The third-order valence-corrected chi connectivity index (χ3v) is 6.89. The molecule has 1 aromatic heterocycles. The number of halogens is 1. The van der Waals surface area contributed by atoms with Crippen LogP contribution < -0.4 is 10.2 Å². The molecule has 1 saturated carbocycles. The Kier molecular flexibility index (Phi) is 8.00. The third-order valence-electron chi connectivity index (χ3n) is 6.67. The SMILES string of the molecule is CCN(c1cc(Cl)cc(C(=O)NCCc2[nH]cnc2C)c1C)[C@H]1CC[C@H](N(C)C)CC1. The number of benzene rings is 1. The van der Waals surface area contributed by atoms with Crippen molar-refractivity contribution < 1.29 is 4.79 Å². The number of hydrogen-bond donors (Lipinski definition) is 2. The number of aromatic nitrogens is 2. The van der Waals surface area contributed by atoms with Crippen molar-refractivity contribution in [3.05, 3.63) is 46.0 Å². The number of H-pyrrole nitrogens is 1. The van der Waals surface area contributed by atoms with Crippen LogP contribution in [-0.4, -0.2) is 60.0 Å². The van der Waals surface area contributed by atoms with E-state index < -0.39 is 0 Å². The van der Waals surface area contributed by atoms with E-state index in [0.717, 1.165) is 48.4 Å². The van der Waals surface area contributed by atoms with Gasteiger partial charge in [0, 0.05) is 53.6 Å². The van der Waals surface area contributed by atoms with E-state index in [1.165, 1.54) is 12.8 Å². The molecule has 31 heavy (non-hydrogen) atoms. The minimum Gasteiger partial charge on any atom is -0.369 e. The second-order valence-electron chi connectivity index (χ2n) is 8.78. The summed E-state index contributed by atoms with van der Waals surface area (Å²) in [6, 6.07) is 4.95. The fourth-order valence-corrected chi connectivity index (χ4v) is 4.96. The Balaban J connectivity index is 1.72. The first-order valence-electron chi connectivity index (χ1n) is 11.3. The van der Waals surface area contributed by atoms with Crippen molar-refractivity contribution in [2.75, 3.05) is 32.1 Å². The first-order chi connectivity index (χ1) is 14.8. The molecule has 6 nitrogen and oxygen atoms in total. The van der Waals surface area contributed by atoms with Crippen molar-refractivity contribution in [1.82, 2.24) is 20.2 Å². The number of anilines is 1. The lowest BCUT2D eigenvalue weighted by Gasteiger charge is -2.40. The van der Waals surface area contributed by atoms with Crippen LogP contribution in [0.25, 0.3) is 0 Å². The van der Waals surface area contributed by atoms with Crippen molar-refractivity contribution in [2.24, 2.45) is 0 Å². The minimum atomic E-state index is -0.0780. The van der Waals surface area contributed by atoms with Gasteiger partial charge in [-0.2, -0.15) is 0 Å². The molecule has 0 saturated heterocycles. The lowest BCUT2D eigenvalue weighted by atomic mass is 9.89. The second-order valence-corrected chi connectivity index (χ2v) is 9.22. The van der Waals surface area contributed by atoms with Gasteiger partial charge < -0.3 is 20.1 Å². The van der Waals surface area contributed by atoms with Gasteiger partial charge in [0.15, 0.2) is 0 Å². The Morgan fingerprint density at radius 1 is 1.19 bits per heavy atom. The zero-order valence-electron chi connectivity index (χ0n) is 19.5. The number of carbonyl (C=O) groups is 1. The fraction of sp³-hybridized carbons (Fsp3) is 0.583. The van der Waals surface area contributed by atoms with Gasteiger partial charge in [0.1, 0.15) is 0 Å². The average Bonchev–Trinajstić information content (AvgIpc) is 3.15. The van der Waals surface area contributed by atoms with E-state index in [0.29, 0.717) is 29.2 Å². The van der Waals surface area contributed by atoms with Crippen molar-refractivity contribution >= 4 is 23.2 Å². The molecule has 1 fully saturated rings. The highest BCUT2D eigenvalue weighted by Crippen LogP contribution is 2.34. The van der Waals surface area contributed by atoms with E-state index in [2.05, 4.69) is 46.1 Å². The van der Waals surface area contributed by atoms with Gasteiger partial charge in [0.25, 0.3) is 5.91 Å². The molecule has 0 bridgehead atoms. The minimum absolute atomic E-state index is 0.0780. The highest BCUT2D eigenvalue weighted by molar-refractivity contribution is 6.31. The molecular formula is C24H36ClN5O. The van der Waals surface area contributed by atoms with Crippen molar-refractivity contribution in [2.45, 2.75) is 65.0 Å². The number of amides is 1. The van der Waals surface area contributed by atoms with E-state index in [9.17, 15) is 4.79 Å². The van der Waals surface area contributed by atoms with Crippen LogP contribution in [0.2, 0.25) is 5.02 Å².